The van der Waals surface area contributed by atoms with E-state index in [4.69, 9.17) is 4.74 Å². The van der Waals surface area contributed by atoms with Gasteiger partial charge in [-0.3, -0.25) is 9.59 Å². The molecular weight excluding hydrogens is 220 g/mol. The summed E-state index contributed by atoms with van der Waals surface area (Å²) in [5.41, 5.74) is -0.271. The number of hydrogen-bond acceptors (Lipinski definition) is 3. The molecular formula is C12H16N2O3. The average molecular weight is 236 g/mol. The van der Waals surface area contributed by atoms with Gasteiger partial charge in [-0.1, -0.05) is 0 Å². The second-order valence-corrected chi connectivity index (χ2v) is 4.58. The maximum atomic E-state index is 12.0. The first-order valence-corrected chi connectivity index (χ1v) is 5.64. The van der Waals surface area contributed by atoms with Gasteiger partial charge in [-0.25, -0.2) is 0 Å². The van der Waals surface area contributed by atoms with Gasteiger partial charge in [0.2, 0.25) is 5.56 Å². The van der Waals surface area contributed by atoms with Crippen molar-refractivity contribution in [3.8, 4) is 0 Å². The van der Waals surface area contributed by atoms with Crippen LogP contribution in [0.2, 0.25) is 0 Å². The molecule has 0 aliphatic carbocycles. The van der Waals surface area contributed by atoms with Crippen LogP contribution in [0, 0.1) is 0 Å². The molecule has 1 fully saturated rings. The average Bonchev–Trinajstić information content (AvgIpc) is 2.59. The molecule has 17 heavy (non-hydrogen) atoms. The van der Waals surface area contributed by atoms with Crippen molar-refractivity contribution in [1.29, 1.82) is 0 Å². The van der Waals surface area contributed by atoms with Crippen LogP contribution in [0.1, 0.15) is 30.6 Å². The number of carbonyl (C=O) groups is 1. The van der Waals surface area contributed by atoms with Crippen molar-refractivity contribution in [3.63, 3.8) is 0 Å². The summed E-state index contributed by atoms with van der Waals surface area (Å²) in [6.07, 6.45) is 2.23. The van der Waals surface area contributed by atoms with E-state index in [1.807, 2.05) is 13.8 Å². The number of H-pyrrole nitrogens is 1. The molecule has 2 unspecified atom stereocenters. The Morgan fingerprint density at radius 3 is 3.00 bits per heavy atom. The summed E-state index contributed by atoms with van der Waals surface area (Å²) in [5.74, 6) is -0.240. The van der Waals surface area contributed by atoms with Gasteiger partial charge in [-0.2, -0.15) is 0 Å². The van der Waals surface area contributed by atoms with Crippen molar-refractivity contribution in [2.45, 2.75) is 31.9 Å². The van der Waals surface area contributed by atoms with Gasteiger partial charge in [-0.05, 0) is 26.3 Å². The molecule has 0 bridgehead atoms. The van der Waals surface area contributed by atoms with Crippen molar-refractivity contribution in [2.75, 3.05) is 6.61 Å². The Morgan fingerprint density at radius 1 is 1.65 bits per heavy atom. The third-order valence-electron chi connectivity index (χ3n) is 3.32. The molecule has 0 saturated carbocycles. The highest BCUT2D eigenvalue weighted by Crippen LogP contribution is 2.25. The van der Waals surface area contributed by atoms with Gasteiger partial charge in [0.05, 0.1) is 11.6 Å². The van der Waals surface area contributed by atoms with E-state index in [0.29, 0.717) is 12.2 Å². The monoisotopic (exact) mass is 236 g/mol. The molecule has 5 nitrogen and oxygen atoms in total. The summed E-state index contributed by atoms with van der Waals surface area (Å²) >= 11 is 0. The van der Waals surface area contributed by atoms with Crippen LogP contribution in [-0.4, -0.2) is 29.1 Å². The van der Waals surface area contributed by atoms with Crippen LogP contribution in [0.5, 0.6) is 0 Å². The van der Waals surface area contributed by atoms with Crippen LogP contribution in [0.15, 0.2) is 23.1 Å². The van der Waals surface area contributed by atoms with Crippen LogP contribution >= 0.6 is 0 Å². The third-order valence-corrected chi connectivity index (χ3v) is 3.32. The lowest BCUT2D eigenvalue weighted by molar-refractivity contribution is 0.0727. The fraction of sp³-hybridized carbons (Fsp3) is 0.500. The standard InChI is InChI=1S/C12H16N2O3/c1-8-12(2,4-6-17-8)14-11(16)9-3-5-13-10(15)7-9/h3,5,7-8H,4,6H2,1-2H3,(H,13,15)(H,14,16). The molecule has 0 aromatic carbocycles. The van der Waals surface area contributed by atoms with Crippen LogP contribution in [0.25, 0.3) is 0 Å². The fourth-order valence-electron chi connectivity index (χ4n) is 1.92. The number of nitrogens with one attached hydrogen (secondary N) is 2. The number of amides is 1. The van der Waals surface area contributed by atoms with Crippen molar-refractivity contribution in [3.05, 3.63) is 34.2 Å². The Balaban J connectivity index is 2.14. The number of aromatic amines is 1. The molecule has 5 heteroatoms. The molecule has 2 atom stereocenters. The smallest absolute Gasteiger partial charge is 0.252 e. The molecule has 2 N–H and O–H groups in total. The zero-order valence-corrected chi connectivity index (χ0v) is 9.95. The lowest BCUT2D eigenvalue weighted by Crippen LogP contribution is -2.50. The molecule has 0 spiro atoms. The molecule has 1 amide bonds. The van der Waals surface area contributed by atoms with E-state index in [0.717, 1.165) is 6.42 Å². The quantitative estimate of drug-likeness (QED) is 0.793. The van der Waals surface area contributed by atoms with Crippen molar-refractivity contribution in [2.24, 2.45) is 0 Å². The third kappa shape index (κ3) is 2.39. The summed E-state index contributed by atoms with van der Waals surface area (Å²) in [6, 6.07) is 2.87. The van der Waals surface area contributed by atoms with Crippen LogP contribution in [0.3, 0.4) is 0 Å². The van der Waals surface area contributed by atoms with Gasteiger partial charge in [0.15, 0.2) is 0 Å². The number of hydrogen-bond donors (Lipinski definition) is 2. The molecule has 1 aromatic heterocycles. The summed E-state index contributed by atoms with van der Waals surface area (Å²) in [4.78, 5) is 25.6. The van der Waals surface area contributed by atoms with E-state index in [1.54, 1.807) is 6.07 Å². The van der Waals surface area contributed by atoms with Gasteiger partial charge in [0, 0.05) is 24.4 Å². The molecule has 1 aliphatic rings. The van der Waals surface area contributed by atoms with Gasteiger partial charge < -0.3 is 15.0 Å². The number of carbonyl (C=O) groups excluding carboxylic acids is 1. The zero-order chi connectivity index (χ0) is 12.5. The largest absolute Gasteiger partial charge is 0.376 e. The van der Waals surface area contributed by atoms with E-state index in [1.165, 1.54) is 12.3 Å². The minimum atomic E-state index is -0.361. The number of rotatable bonds is 2. The van der Waals surface area contributed by atoms with Crippen molar-refractivity contribution >= 4 is 5.91 Å². The fourth-order valence-corrected chi connectivity index (χ4v) is 1.92. The molecule has 1 saturated heterocycles. The highest BCUT2D eigenvalue weighted by atomic mass is 16.5. The van der Waals surface area contributed by atoms with Crippen LogP contribution in [0.4, 0.5) is 0 Å². The number of aromatic nitrogens is 1. The Kier molecular flexibility index (Phi) is 3.02. The SMILES string of the molecule is CC1OCCC1(C)NC(=O)c1cc[nH]c(=O)c1. The van der Waals surface area contributed by atoms with E-state index in [2.05, 4.69) is 10.3 Å². The van der Waals surface area contributed by atoms with Gasteiger partial charge in [-0.15, -0.1) is 0 Å². The van der Waals surface area contributed by atoms with E-state index in [-0.39, 0.29) is 23.1 Å². The minimum absolute atomic E-state index is 0.0200. The van der Waals surface area contributed by atoms with Crippen molar-refractivity contribution in [1.82, 2.24) is 10.3 Å². The second kappa shape index (κ2) is 4.33. The van der Waals surface area contributed by atoms with Gasteiger partial charge >= 0.3 is 0 Å². The summed E-state index contributed by atoms with van der Waals surface area (Å²) < 4.78 is 5.45. The number of pyridine rings is 1. The minimum Gasteiger partial charge on any atom is -0.376 e. The van der Waals surface area contributed by atoms with E-state index < -0.39 is 0 Å². The predicted octanol–water partition coefficient (Wildman–Crippen LogP) is 0.672. The molecule has 2 rings (SSSR count). The molecule has 0 radical (unpaired) electrons. The highest BCUT2D eigenvalue weighted by molar-refractivity contribution is 5.94. The number of ether oxygens (including phenoxy) is 1. The predicted molar refractivity (Wildman–Crippen MR) is 63.0 cm³/mol. The first-order chi connectivity index (χ1) is 8.01. The van der Waals surface area contributed by atoms with Crippen molar-refractivity contribution < 1.29 is 9.53 Å². The Morgan fingerprint density at radius 2 is 2.41 bits per heavy atom. The molecule has 2 heterocycles. The molecule has 92 valence electrons. The lowest BCUT2D eigenvalue weighted by atomic mass is 9.94. The van der Waals surface area contributed by atoms with E-state index in [9.17, 15) is 9.59 Å². The first-order valence-electron chi connectivity index (χ1n) is 5.64. The van der Waals surface area contributed by atoms with Gasteiger partial charge in [0.1, 0.15) is 0 Å². The maximum Gasteiger partial charge on any atom is 0.252 e. The highest BCUT2D eigenvalue weighted by Gasteiger charge is 2.38. The molecule has 1 aromatic rings. The first kappa shape index (κ1) is 11.9. The Labute approximate surface area is 99.2 Å². The Hall–Kier alpha value is -1.62. The maximum absolute atomic E-state index is 12.0. The summed E-state index contributed by atoms with van der Waals surface area (Å²) in [7, 11) is 0. The molecule has 1 aliphatic heterocycles. The second-order valence-electron chi connectivity index (χ2n) is 4.58. The lowest BCUT2D eigenvalue weighted by Gasteiger charge is -2.28. The summed E-state index contributed by atoms with van der Waals surface area (Å²) in [6.45, 7) is 4.54. The van der Waals surface area contributed by atoms with Gasteiger partial charge in [0.25, 0.3) is 5.91 Å². The zero-order valence-electron chi connectivity index (χ0n) is 9.95. The summed E-state index contributed by atoms with van der Waals surface area (Å²) in [5, 5.41) is 2.93. The van der Waals surface area contributed by atoms with Crippen LogP contribution < -0.4 is 10.9 Å². The topological polar surface area (TPSA) is 71.2 Å². The normalized spacial score (nSPS) is 28.0. The Bertz CT molecular complexity index is 483. The van der Waals surface area contributed by atoms with Crippen LogP contribution in [-0.2, 0) is 4.74 Å². The van der Waals surface area contributed by atoms with E-state index >= 15 is 0 Å².